The molecular weight excluding hydrogens is 255 g/mol. The van der Waals surface area contributed by atoms with Crippen molar-refractivity contribution in [1.82, 2.24) is 9.88 Å². The van der Waals surface area contributed by atoms with Crippen LogP contribution in [0.5, 0.6) is 0 Å². The number of nitrogens with zero attached hydrogens (tertiary/aromatic N) is 2. The first-order valence-electron chi connectivity index (χ1n) is 6.49. The highest BCUT2D eigenvalue weighted by molar-refractivity contribution is 5.36. The second-order valence-electron chi connectivity index (χ2n) is 4.83. The molecule has 106 valence electrons. The van der Waals surface area contributed by atoms with Gasteiger partial charge in [-0.1, -0.05) is 13.0 Å². The molecule has 1 aliphatic heterocycles. The average molecular weight is 273 g/mol. The first-order valence-corrected chi connectivity index (χ1v) is 6.49. The summed E-state index contributed by atoms with van der Waals surface area (Å²) in [6, 6.07) is 3.94. The maximum atomic E-state index is 12.5. The van der Waals surface area contributed by atoms with Gasteiger partial charge in [0.2, 0.25) is 0 Å². The first-order chi connectivity index (χ1) is 8.99. The van der Waals surface area contributed by atoms with E-state index in [9.17, 15) is 13.2 Å². The highest BCUT2D eigenvalue weighted by atomic mass is 19.4. The van der Waals surface area contributed by atoms with Crippen molar-refractivity contribution in [3.05, 3.63) is 23.9 Å². The van der Waals surface area contributed by atoms with E-state index in [-0.39, 0.29) is 0 Å². The van der Waals surface area contributed by atoms with Crippen LogP contribution in [0.4, 0.5) is 19.0 Å². The molecule has 2 rings (SSSR count). The Morgan fingerprint density at radius 3 is 2.84 bits per heavy atom. The fraction of sp³-hybridized carbons (Fsp3) is 0.615. The van der Waals surface area contributed by atoms with Crippen LogP contribution in [0.1, 0.15) is 19.0 Å². The Balaban J connectivity index is 1.90. The topological polar surface area (TPSA) is 28.2 Å². The van der Waals surface area contributed by atoms with Gasteiger partial charge < -0.3 is 10.2 Å². The van der Waals surface area contributed by atoms with E-state index in [1.165, 1.54) is 6.07 Å². The number of pyridine rings is 1. The minimum absolute atomic E-state index is 0.296. The molecule has 1 fully saturated rings. The van der Waals surface area contributed by atoms with Gasteiger partial charge in [-0.15, -0.1) is 0 Å². The van der Waals surface area contributed by atoms with Gasteiger partial charge in [0, 0.05) is 13.1 Å². The zero-order valence-corrected chi connectivity index (χ0v) is 10.9. The molecular formula is C13H18F3N3. The molecule has 1 aliphatic rings. The van der Waals surface area contributed by atoms with Crippen LogP contribution >= 0.6 is 0 Å². The lowest BCUT2D eigenvalue weighted by Gasteiger charge is -2.14. The molecule has 1 aromatic rings. The quantitative estimate of drug-likeness (QED) is 0.914. The third kappa shape index (κ3) is 3.83. The van der Waals surface area contributed by atoms with Crippen molar-refractivity contribution >= 4 is 5.82 Å². The van der Waals surface area contributed by atoms with Crippen molar-refractivity contribution in [2.45, 2.75) is 19.5 Å². The maximum Gasteiger partial charge on any atom is 0.433 e. The van der Waals surface area contributed by atoms with Crippen molar-refractivity contribution in [3.8, 4) is 0 Å². The molecule has 0 spiro atoms. The molecule has 0 saturated carbocycles. The van der Waals surface area contributed by atoms with E-state index < -0.39 is 11.9 Å². The summed E-state index contributed by atoms with van der Waals surface area (Å²) in [5.41, 5.74) is -0.848. The second-order valence-corrected chi connectivity index (χ2v) is 4.83. The minimum atomic E-state index is -4.38. The standard InChI is InChI=1S/C13H18F3N3/c1-2-19-7-6-10(9-19)8-17-12-5-3-4-11(18-12)13(14,15)16/h3-5,10H,2,6-9H2,1H3,(H,17,18). The van der Waals surface area contributed by atoms with Crippen molar-refractivity contribution in [3.63, 3.8) is 0 Å². The molecule has 1 unspecified atom stereocenters. The molecule has 1 atom stereocenters. The van der Waals surface area contributed by atoms with Gasteiger partial charge in [-0.05, 0) is 37.6 Å². The molecule has 0 bridgehead atoms. The molecule has 1 aromatic heterocycles. The number of hydrogen-bond acceptors (Lipinski definition) is 3. The Hall–Kier alpha value is -1.30. The summed E-state index contributed by atoms with van der Waals surface area (Å²) in [6.45, 7) is 5.88. The number of hydrogen-bond donors (Lipinski definition) is 1. The fourth-order valence-electron chi connectivity index (χ4n) is 2.31. The number of alkyl halides is 3. The predicted octanol–water partition coefficient (Wildman–Crippen LogP) is 2.85. The van der Waals surface area contributed by atoms with Crippen molar-refractivity contribution in [2.24, 2.45) is 5.92 Å². The summed E-state index contributed by atoms with van der Waals surface area (Å²) in [7, 11) is 0. The van der Waals surface area contributed by atoms with Crippen LogP contribution in [-0.4, -0.2) is 36.1 Å². The number of rotatable bonds is 4. The number of nitrogens with one attached hydrogen (secondary N) is 1. The van der Waals surface area contributed by atoms with Crippen LogP contribution < -0.4 is 5.32 Å². The van der Waals surface area contributed by atoms with Gasteiger partial charge in [-0.3, -0.25) is 0 Å². The number of aromatic nitrogens is 1. The summed E-state index contributed by atoms with van der Waals surface area (Å²) in [5.74, 6) is 0.779. The third-order valence-electron chi connectivity index (χ3n) is 3.43. The summed E-state index contributed by atoms with van der Waals surface area (Å²) in [4.78, 5) is 5.93. The number of likely N-dealkylation sites (tertiary alicyclic amines) is 1. The van der Waals surface area contributed by atoms with Crippen LogP contribution in [0.25, 0.3) is 0 Å². The highest BCUT2D eigenvalue weighted by Crippen LogP contribution is 2.28. The Labute approximate surface area is 110 Å². The number of anilines is 1. The normalized spacial score (nSPS) is 20.7. The van der Waals surface area contributed by atoms with Gasteiger partial charge in [0.1, 0.15) is 11.5 Å². The van der Waals surface area contributed by atoms with Gasteiger partial charge in [0.25, 0.3) is 0 Å². The van der Waals surface area contributed by atoms with E-state index in [0.29, 0.717) is 18.3 Å². The first kappa shape index (κ1) is 14.1. The molecule has 0 aromatic carbocycles. The Morgan fingerprint density at radius 1 is 1.42 bits per heavy atom. The van der Waals surface area contributed by atoms with E-state index in [2.05, 4.69) is 22.1 Å². The minimum Gasteiger partial charge on any atom is -0.370 e. The zero-order chi connectivity index (χ0) is 13.9. The van der Waals surface area contributed by atoms with Crippen molar-refractivity contribution in [2.75, 3.05) is 31.5 Å². The van der Waals surface area contributed by atoms with Gasteiger partial charge in [-0.2, -0.15) is 13.2 Å². The van der Waals surface area contributed by atoms with E-state index >= 15 is 0 Å². The molecule has 3 nitrogen and oxygen atoms in total. The van der Waals surface area contributed by atoms with E-state index in [0.717, 1.165) is 32.1 Å². The van der Waals surface area contributed by atoms with Crippen LogP contribution in [0, 0.1) is 5.92 Å². The maximum absolute atomic E-state index is 12.5. The Kier molecular flexibility index (Phi) is 4.29. The summed E-state index contributed by atoms with van der Waals surface area (Å²) in [6.07, 6.45) is -3.30. The molecule has 2 heterocycles. The second kappa shape index (κ2) is 5.77. The SMILES string of the molecule is CCN1CCC(CNc2cccc(C(F)(F)F)n2)C1. The molecule has 1 N–H and O–H groups in total. The molecule has 0 aliphatic carbocycles. The lowest BCUT2D eigenvalue weighted by molar-refractivity contribution is -0.141. The van der Waals surface area contributed by atoms with Crippen LogP contribution in [0.15, 0.2) is 18.2 Å². The molecule has 0 radical (unpaired) electrons. The van der Waals surface area contributed by atoms with Gasteiger partial charge in [0.15, 0.2) is 0 Å². The average Bonchev–Trinajstić information content (AvgIpc) is 2.84. The smallest absolute Gasteiger partial charge is 0.370 e. The summed E-state index contributed by atoms with van der Waals surface area (Å²) < 4.78 is 37.5. The molecule has 0 amide bonds. The Morgan fingerprint density at radius 2 is 2.21 bits per heavy atom. The van der Waals surface area contributed by atoms with Gasteiger partial charge in [0.05, 0.1) is 0 Å². The lowest BCUT2D eigenvalue weighted by atomic mass is 10.1. The summed E-state index contributed by atoms with van der Waals surface area (Å²) >= 11 is 0. The van der Waals surface area contributed by atoms with Crippen LogP contribution in [-0.2, 0) is 6.18 Å². The highest BCUT2D eigenvalue weighted by Gasteiger charge is 2.32. The lowest BCUT2D eigenvalue weighted by Crippen LogP contribution is -2.22. The monoisotopic (exact) mass is 273 g/mol. The van der Waals surface area contributed by atoms with Crippen LogP contribution in [0.3, 0.4) is 0 Å². The fourth-order valence-corrected chi connectivity index (χ4v) is 2.31. The van der Waals surface area contributed by atoms with Crippen molar-refractivity contribution in [1.29, 1.82) is 0 Å². The predicted molar refractivity (Wildman–Crippen MR) is 67.9 cm³/mol. The van der Waals surface area contributed by atoms with E-state index in [4.69, 9.17) is 0 Å². The number of halogens is 3. The van der Waals surface area contributed by atoms with Crippen molar-refractivity contribution < 1.29 is 13.2 Å². The van der Waals surface area contributed by atoms with E-state index in [1.54, 1.807) is 6.07 Å². The largest absolute Gasteiger partial charge is 0.433 e. The van der Waals surface area contributed by atoms with Crippen LogP contribution in [0.2, 0.25) is 0 Å². The van der Waals surface area contributed by atoms with Gasteiger partial charge in [-0.25, -0.2) is 4.98 Å². The molecule has 19 heavy (non-hydrogen) atoms. The molecule has 6 heteroatoms. The Bertz CT molecular complexity index is 420. The van der Waals surface area contributed by atoms with E-state index in [1.807, 2.05) is 0 Å². The zero-order valence-electron chi connectivity index (χ0n) is 10.9. The molecule has 1 saturated heterocycles. The summed E-state index contributed by atoms with van der Waals surface area (Å²) in [5, 5.41) is 3.01. The van der Waals surface area contributed by atoms with Gasteiger partial charge >= 0.3 is 6.18 Å². The third-order valence-corrected chi connectivity index (χ3v) is 3.43.